The first kappa shape index (κ1) is 14.5. The molecule has 5 nitrogen and oxygen atoms in total. The van der Waals surface area contributed by atoms with Gasteiger partial charge in [0.2, 0.25) is 0 Å². The molecule has 0 unspecified atom stereocenters. The number of carbonyl (C=O) groups is 1. The molecule has 0 radical (unpaired) electrons. The van der Waals surface area contributed by atoms with Crippen molar-refractivity contribution < 1.29 is 9.53 Å². The fourth-order valence-corrected chi connectivity index (χ4v) is 2.33. The molecule has 0 saturated carbocycles. The van der Waals surface area contributed by atoms with Crippen molar-refractivity contribution in [3.8, 4) is 11.8 Å². The SMILES string of the molecule is COc1cnc2ccccc2c1C(=O)Nc1ccc(C#N)cc1. The van der Waals surface area contributed by atoms with Crippen molar-refractivity contribution in [2.75, 3.05) is 12.4 Å². The number of carbonyl (C=O) groups excluding carboxylic acids is 1. The summed E-state index contributed by atoms with van der Waals surface area (Å²) in [6.45, 7) is 0. The molecule has 1 heterocycles. The van der Waals surface area contributed by atoms with Crippen LogP contribution >= 0.6 is 0 Å². The lowest BCUT2D eigenvalue weighted by Gasteiger charge is -2.11. The molecule has 0 spiro atoms. The van der Waals surface area contributed by atoms with Gasteiger partial charge in [0.25, 0.3) is 5.91 Å². The van der Waals surface area contributed by atoms with E-state index in [2.05, 4.69) is 10.3 Å². The highest BCUT2D eigenvalue weighted by Crippen LogP contribution is 2.27. The normalized spacial score (nSPS) is 10.1. The minimum atomic E-state index is -0.287. The smallest absolute Gasteiger partial charge is 0.260 e. The van der Waals surface area contributed by atoms with E-state index in [1.165, 1.54) is 13.3 Å². The lowest BCUT2D eigenvalue weighted by molar-refractivity contribution is 0.102. The maximum Gasteiger partial charge on any atom is 0.260 e. The van der Waals surface area contributed by atoms with Crippen LogP contribution in [0.4, 0.5) is 5.69 Å². The standard InChI is InChI=1S/C18H13N3O2/c1-23-16-11-20-15-5-3-2-4-14(15)17(16)18(22)21-13-8-6-12(10-19)7-9-13/h2-9,11H,1H3,(H,21,22). The second kappa shape index (κ2) is 6.16. The second-order valence-corrected chi connectivity index (χ2v) is 4.86. The molecule has 2 aromatic carbocycles. The van der Waals surface area contributed by atoms with Gasteiger partial charge < -0.3 is 10.1 Å². The minimum absolute atomic E-state index is 0.287. The number of benzene rings is 2. The van der Waals surface area contributed by atoms with Crippen molar-refractivity contribution in [3.05, 3.63) is 65.9 Å². The van der Waals surface area contributed by atoms with Gasteiger partial charge in [-0.05, 0) is 30.3 Å². The quantitative estimate of drug-likeness (QED) is 0.805. The van der Waals surface area contributed by atoms with E-state index in [0.29, 0.717) is 22.6 Å². The molecule has 3 rings (SSSR count). The summed E-state index contributed by atoms with van der Waals surface area (Å²) in [6.07, 6.45) is 1.54. The van der Waals surface area contributed by atoms with Crippen LogP contribution < -0.4 is 10.1 Å². The van der Waals surface area contributed by atoms with E-state index in [0.717, 1.165) is 10.9 Å². The molecule has 5 heteroatoms. The molecular weight excluding hydrogens is 290 g/mol. The third kappa shape index (κ3) is 2.83. The highest BCUT2D eigenvalue weighted by atomic mass is 16.5. The summed E-state index contributed by atoms with van der Waals surface area (Å²) in [4.78, 5) is 17.0. The van der Waals surface area contributed by atoms with Crippen LogP contribution in [0.2, 0.25) is 0 Å². The molecule has 1 amide bonds. The Morgan fingerprint density at radius 2 is 1.91 bits per heavy atom. The monoisotopic (exact) mass is 303 g/mol. The highest BCUT2D eigenvalue weighted by Gasteiger charge is 2.17. The van der Waals surface area contributed by atoms with E-state index in [4.69, 9.17) is 10.00 Å². The molecule has 1 aromatic heterocycles. The van der Waals surface area contributed by atoms with Crippen LogP contribution in [0.1, 0.15) is 15.9 Å². The highest BCUT2D eigenvalue weighted by molar-refractivity contribution is 6.14. The summed E-state index contributed by atoms with van der Waals surface area (Å²) in [5.41, 5.74) is 2.30. The van der Waals surface area contributed by atoms with Gasteiger partial charge >= 0.3 is 0 Å². The molecule has 112 valence electrons. The van der Waals surface area contributed by atoms with Crippen LogP contribution in [0.5, 0.6) is 5.75 Å². The van der Waals surface area contributed by atoms with Crippen LogP contribution in [-0.2, 0) is 0 Å². The molecule has 0 saturated heterocycles. The maximum atomic E-state index is 12.7. The summed E-state index contributed by atoms with van der Waals surface area (Å²) in [5.74, 6) is 0.125. The number of hydrogen-bond acceptors (Lipinski definition) is 4. The van der Waals surface area contributed by atoms with Crippen molar-refractivity contribution in [2.24, 2.45) is 0 Å². The van der Waals surface area contributed by atoms with Crippen LogP contribution in [0.25, 0.3) is 10.9 Å². The Labute approximate surface area is 133 Å². The predicted molar refractivity (Wildman–Crippen MR) is 87.4 cm³/mol. The Bertz CT molecular complexity index is 912. The number of aromatic nitrogens is 1. The maximum absolute atomic E-state index is 12.7. The van der Waals surface area contributed by atoms with Gasteiger partial charge in [-0.1, -0.05) is 18.2 Å². The third-order valence-corrected chi connectivity index (χ3v) is 3.46. The van der Waals surface area contributed by atoms with E-state index >= 15 is 0 Å². The average molecular weight is 303 g/mol. The summed E-state index contributed by atoms with van der Waals surface area (Å²) in [7, 11) is 1.50. The number of ether oxygens (including phenoxy) is 1. The Morgan fingerprint density at radius 3 is 2.61 bits per heavy atom. The van der Waals surface area contributed by atoms with Crippen LogP contribution in [0, 0.1) is 11.3 Å². The number of methoxy groups -OCH3 is 1. The zero-order valence-corrected chi connectivity index (χ0v) is 12.4. The minimum Gasteiger partial charge on any atom is -0.494 e. The Hall–Kier alpha value is -3.39. The van der Waals surface area contributed by atoms with E-state index in [9.17, 15) is 4.79 Å². The molecular formula is C18H13N3O2. The first-order valence-electron chi connectivity index (χ1n) is 6.96. The first-order valence-corrected chi connectivity index (χ1v) is 6.96. The van der Waals surface area contributed by atoms with Crippen LogP contribution in [0.15, 0.2) is 54.7 Å². The lowest BCUT2D eigenvalue weighted by Crippen LogP contribution is -2.14. The fourth-order valence-electron chi connectivity index (χ4n) is 2.33. The topological polar surface area (TPSA) is 75.0 Å². The van der Waals surface area contributed by atoms with Gasteiger partial charge in [0.1, 0.15) is 0 Å². The number of nitriles is 1. The number of pyridine rings is 1. The van der Waals surface area contributed by atoms with Gasteiger partial charge in [0.05, 0.1) is 36.0 Å². The van der Waals surface area contributed by atoms with Gasteiger partial charge in [0.15, 0.2) is 5.75 Å². The van der Waals surface area contributed by atoms with Crippen LogP contribution in [0.3, 0.4) is 0 Å². The van der Waals surface area contributed by atoms with Crippen LogP contribution in [-0.4, -0.2) is 18.0 Å². The number of anilines is 1. The molecule has 0 aliphatic heterocycles. The number of nitrogens with zero attached hydrogens (tertiary/aromatic N) is 2. The lowest BCUT2D eigenvalue weighted by atomic mass is 10.1. The fraction of sp³-hybridized carbons (Fsp3) is 0.0556. The summed E-state index contributed by atoms with van der Waals surface area (Å²) in [6, 6.07) is 16.1. The molecule has 23 heavy (non-hydrogen) atoms. The summed E-state index contributed by atoms with van der Waals surface area (Å²) < 4.78 is 5.28. The third-order valence-electron chi connectivity index (χ3n) is 3.46. The number of para-hydroxylation sites is 1. The first-order chi connectivity index (χ1) is 11.2. The number of rotatable bonds is 3. The average Bonchev–Trinajstić information content (AvgIpc) is 2.61. The molecule has 0 fully saturated rings. The molecule has 0 aliphatic carbocycles. The zero-order chi connectivity index (χ0) is 16.2. The van der Waals surface area contributed by atoms with Gasteiger partial charge in [-0.2, -0.15) is 5.26 Å². The number of nitrogens with one attached hydrogen (secondary N) is 1. The van der Waals surface area contributed by atoms with Crippen molar-refractivity contribution in [1.82, 2.24) is 4.98 Å². The van der Waals surface area contributed by atoms with Gasteiger partial charge in [-0.15, -0.1) is 0 Å². The second-order valence-electron chi connectivity index (χ2n) is 4.86. The number of amides is 1. The Kier molecular flexibility index (Phi) is 3.89. The Morgan fingerprint density at radius 1 is 1.17 bits per heavy atom. The van der Waals surface area contributed by atoms with Crippen molar-refractivity contribution in [3.63, 3.8) is 0 Å². The predicted octanol–water partition coefficient (Wildman–Crippen LogP) is 3.37. The van der Waals surface area contributed by atoms with E-state index < -0.39 is 0 Å². The van der Waals surface area contributed by atoms with Crippen molar-refractivity contribution in [2.45, 2.75) is 0 Å². The Balaban J connectivity index is 2.01. The summed E-state index contributed by atoms with van der Waals surface area (Å²) in [5, 5.41) is 12.4. The number of hydrogen-bond donors (Lipinski definition) is 1. The largest absolute Gasteiger partial charge is 0.494 e. The van der Waals surface area contributed by atoms with Gasteiger partial charge in [0, 0.05) is 11.1 Å². The molecule has 3 aromatic rings. The van der Waals surface area contributed by atoms with E-state index in [-0.39, 0.29) is 5.91 Å². The molecule has 0 bridgehead atoms. The van der Waals surface area contributed by atoms with E-state index in [1.54, 1.807) is 24.3 Å². The van der Waals surface area contributed by atoms with Crippen molar-refractivity contribution >= 4 is 22.5 Å². The van der Waals surface area contributed by atoms with Gasteiger partial charge in [-0.3, -0.25) is 9.78 Å². The molecule has 0 atom stereocenters. The van der Waals surface area contributed by atoms with Gasteiger partial charge in [-0.25, -0.2) is 0 Å². The number of fused-ring (bicyclic) bond motifs is 1. The summed E-state index contributed by atoms with van der Waals surface area (Å²) >= 11 is 0. The van der Waals surface area contributed by atoms with E-state index in [1.807, 2.05) is 30.3 Å². The molecule has 0 aliphatic rings. The molecule has 1 N–H and O–H groups in total. The van der Waals surface area contributed by atoms with Crippen molar-refractivity contribution in [1.29, 1.82) is 5.26 Å². The zero-order valence-electron chi connectivity index (χ0n) is 12.4.